The number of nitrogens with one attached hydrogen (secondary N) is 1. The summed E-state index contributed by atoms with van der Waals surface area (Å²) < 4.78 is 0. The number of hydrogen-bond acceptors (Lipinski definition) is 4. The van der Waals surface area contributed by atoms with E-state index in [9.17, 15) is 9.59 Å². The minimum atomic E-state index is -0.731. The highest BCUT2D eigenvalue weighted by Crippen LogP contribution is 2.26. The molecule has 0 bridgehead atoms. The molecule has 1 fully saturated rings. The van der Waals surface area contributed by atoms with Crippen LogP contribution in [0.15, 0.2) is 11.6 Å². The van der Waals surface area contributed by atoms with E-state index in [1.165, 1.54) is 0 Å². The Bertz CT molecular complexity index is 497. The molecule has 0 aromatic carbocycles. The molecule has 6 heteroatoms. The van der Waals surface area contributed by atoms with Crippen LogP contribution < -0.4 is 5.32 Å². The molecule has 0 spiro atoms. The van der Waals surface area contributed by atoms with Gasteiger partial charge in [0.1, 0.15) is 11.6 Å². The standard InChI is InChI=1S/C15H23N3O2S/c1-4-11-13(19)17-15(5-2,6-3)14(20)18(11)9-7-12-16-8-10-21-12/h8,10-11H,4-7,9H2,1-3H3,(H,17,19). The van der Waals surface area contributed by atoms with Crippen molar-refractivity contribution in [3.63, 3.8) is 0 Å². The molecule has 1 aromatic heterocycles. The third-order valence-corrected chi connectivity index (χ3v) is 5.19. The first-order valence-corrected chi connectivity index (χ1v) is 8.47. The maximum atomic E-state index is 12.9. The number of thiazole rings is 1. The minimum absolute atomic E-state index is 0.0278. The van der Waals surface area contributed by atoms with Crippen LogP contribution in [0, 0.1) is 0 Å². The van der Waals surface area contributed by atoms with Gasteiger partial charge in [0.25, 0.3) is 0 Å². The normalized spacial score (nSPS) is 21.5. The summed E-state index contributed by atoms with van der Waals surface area (Å²) >= 11 is 1.58. The lowest BCUT2D eigenvalue weighted by Gasteiger charge is -2.45. The van der Waals surface area contributed by atoms with E-state index in [0.717, 1.165) is 5.01 Å². The van der Waals surface area contributed by atoms with Gasteiger partial charge in [0.05, 0.1) is 5.01 Å². The van der Waals surface area contributed by atoms with Crippen LogP contribution in [-0.4, -0.2) is 39.8 Å². The van der Waals surface area contributed by atoms with Crippen molar-refractivity contribution in [2.24, 2.45) is 0 Å². The van der Waals surface area contributed by atoms with Gasteiger partial charge in [-0.15, -0.1) is 11.3 Å². The van der Waals surface area contributed by atoms with Crippen molar-refractivity contribution in [3.8, 4) is 0 Å². The van der Waals surface area contributed by atoms with Crippen molar-refractivity contribution in [2.45, 2.75) is 58.0 Å². The summed E-state index contributed by atoms with van der Waals surface area (Å²) in [6.45, 7) is 6.40. The van der Waals surface area contributed by atoms with Gasteiger partial charge >= 0.3 is 0 Å². The molecule has 2 heterocycles. The predicted octanol–water partition coefficient (Wildman–Crippen LogP) is 1.98. The zero-order chi connectivity index (χ0) is 15.5. The number of nitrogens with zero attached hydrogens (tertiary/aromatic N) is 2. The van der Waals surface area contributed by atoms with Gasteiger partial charge in [0.2, 0.25) is 11.8 Å². The van der Waals surface area contributed by atoms with Gasteiger partial charge in [-0.25, -0.2) is 4.98 Å². The summed E-state index contributed by atoms with van der Waals surface area (Å²) in [4.78, 5) is 31.2. The third kappa shape index (κ3) is 2.95. The average Bonchev–Trinajstić information content (AvgIpc) is 3.01. The quantitative estimate of drug-likeness (QED) is 0.874. The second-order valence-electron chi connectivity index (χ2n) is 5.38. The van der Waals surface area contributed by atoms with E-state index in [4.69, 9.17) is 0 Å². The van der Waals surface area contributed by atoms with Gasteiger partial charge in [-0.2, -0.15) is 0 Å². The Morgan fingerprint density at radius 3 is 2.57 bits per heavy atom. The zero-order valence-electron chi connectivity index (χ0n) is 12.9. The van der Waals surface area contributed by atoms with E-state index in [-0.39, 0.29) is 17.9 Å². The lowest BCUT2D eigenvalue weighted by atomic mass is 9.86. The number of carbonyl (C=O) groups is 2. The molecular weight excluding hydrogens is 286 g/mol. The summed E-state index contributed by atoms with van der Waals surface area (Å²) in [5, 5.41) is 5.89. The molecule has 1 atom stereocenters. The third-order valence-electron chi connectivity index (χ3n) is 4.36. The minimum Gasteiger partial charge on any atom is -0.340 e. The molecule has 1 saturated heterocycles. The first kappa shape index (κ1) is 15.9. The van der Waals surface area contributed by atoms with Crippen molar-refractivity contribution in [3.05, 3.63) is 16.6 Å². The molecule has 0 saturated carbocycles. The van der Waals surface area contributed by atoms with Crippen LogP contribution in [0.1, 0.15) is 45.0 Å². The van der Waals surface area contributed by atoms with E-state index >= 15 is 0 Å². The van der Waals surface area contributed by atoms with Crippen LogP contribution in [0.2, 0.25) is 0 Å². The average molecular weight is 309 g/mol. The lowest BCUT2D eigenvalue weighted by Crippen LogP contribution is -2.70. The lowest BCUT2D eigenvalue weighted by molar-refractivity contribution is -0.155. The number of hydrogen-bond donors (Lipinski definition) is 1. The van der Waals surface area contributed by atoms with Crippen molar-refractivity contribution in [2.75, 3.05) is 6.54 Å². The first-order valence-electron chi connectivity index (χ1n) is 7.59. The molecule has 0 radical (unpaired) electrons. The zero-order valence-corrected chi connectivity index (χ0v) is 13.7. The summed E-state index contributed by atoms with van der Waals surface area (Å²) in [7, 11) is 0. The van der Waals surface area contributed by atoms with Crippen molar-refractivity contribution < 1.29 is 9.59 Å². The largest absolute Gasteiger partial charge is 0.340 e. The summed E-state index contributed by atoms with van der Waals surface area (Å²) in [5.41, 5.74) is -0.731. The Balaban J connectivity index is 2.20. The van der Waals surface area contributed by atoms with Crippen LogP contribution in [0.25, 0.3) is 0 Å². The predicted molar refractivity (Wildman–Crippen MR) is 83.1 cm³/mol. The number of piperazine rings is 1. The number of aromatic nitrogens is 1. The topological polar surface area (TPSA) is 62.3 Å². The van der Waals surface area contributed by atoms with Gasteiger partial charge in [0.15, 0.2) is 0 Å². The van der Waals surface area contributed by atoms with Crippen LogP contribution in [-0.2, 0) is 16.0 Å². The van der Waals surface area contributed by atoms with Crippen molar-refractivity contribution >= 4 is 23.2 Å². The van der Waals surface area contributed by atoms with Gasteiger partial charge in [-0.1, -0.05) is 20.8 Å². The molecule has 116 valence electrons. The highest BCUT2D eigenvalue weighted by Gasteiger charge is 2.47. The van der Waals surface area contributed by atoms with Gasteiger partial charge in [0, 0.05) is 24.5 Å². The fourth-order valence-electron chi connectivity index (χ4n) is 2.92. The molecule has 1 N–H and O–H groups in total. The van der Waals surface area contributed by atoms with E-state index in [1.807, 2.05) is 26.2 Å². The summed E-state index contributed by atoms with van der Waals surface area (Å²) in [6, 6.07) is -0.358. The Hall–Kier alpha value is -1.43. The molecule has 2 amide bonds. The maximum absolute atomic E-state index is 12.9. The fourth-order valence-corrected chi connectivity index (χ4v) is 3.53. The van der Waals surface area contributed by atoms with Gasteiger partial charge in [-0.3, -0.25) is 9.59 Å². The SMILES string of the molecule is CCC1C(=O)NC(CC)(CC)C(=O)N1CCc1nccs1. The van der Waals surface area contributed by atoms with Crippen LogP contribution in [0.5, 0.6) is 0 Å². The second kappa shape index (κ2) is 6.56. The fraction of sp³-hybridized carbons (Fsp3) is 0.667. The molecule has 0 aliphatic carbocycles. The summed E-state index contributed by atoms with van der Waals surface area (Å²) in [5.74, 6) is 0.0236. The Labute approximate surface area is 129 Å². The molecule has 1 aliphatic rings. The number of carbonyl (C=O) groups excluding carboxylic acids is 2. The molecular formula is C15H23N3O2S. The second-order valence-corrected chi connectivity index (χ2v) is 6.36. The number of amides is 2. The van der Waals surface area contributed by atoms with Crippen LogP contribution >= 0.6 is 11.3 Å². The van der Waals surface area contributed by atoms with Crippen LogP contribution in [0.3, 0.4) is 0 Å². The Morgan fingerprint density at radius 1 is 1.33 bits per heavy atom. The van der Waals surface area contributed by atoms with Crippen molar-refractivity contribution in [1.82, 2.24) is 15.2 Å². The molecule has 1 aliphatic heterocycles. The molecule has 1 unspecified atom stereocenters. The molecule has 2 rings (SSSR count). The maximum Gasteiger partial charge on any atom is 0.248 e. The number of rotatable bonds is 6. The smallest absolute Gasteiger partial charge is 0.248 e. The molecule has 1 aromatic rings. The molecule has 5 nitrogen and oxygen atoms in total. The van der Waals surface area contributed by atoms with E-state index < -0.39 is 5.54 Å². The van der Waals surface area contributed by atoms with E-state index in [1.54, 1.807) is 22.4 Å². The van der Waals surface area contributed by atoms with Crippen molar-refractivity contribution in [1.29, 1.82) is 0 Å². The Kier molecular flexibility index (Phi) is 4.98. The summed E-state index contributed by atoms with van der Waals surface area (Å²) in [6.07, 6.45) is 4.36. The van der Waals surface area contributed by atoms with Gasteiger partial charge < -0.3 is 10.2 Å². The monoisotopic (exact) mass is 309 g/mol. The van der Waals surface area contributed by atoms with Crippen LogP contribution in [0.4, 0.5) is 0 Å². The molecule has 21 heavy (non-hydrogen) atoms. The Morgan fingerprint density at radius 2 is 2.05 bits per heavy atom. The highest BCUT2D eigenvalue weighted by molar-refractivity contribution is 7.09. The van der Waals surface area contributed by atoms with E-state index in [2.05, 4.69) is 10.3 Å². The van der Waals surface area contributed by atoms with E-state index in [0.29, 0.717) is 32.2 Å². The van der Waals surface area contributed by atoms with Gasteiger partial charge in [-0.05, 0) is 19.3 Å². The first-order chi connectivity index (χ1) is 10.1. The highest BCUT2D eigenvalue weighted by atomic mass is 32.1.